The lowest BCUT2D eigenvalue weighted by atomic mass is 9.89. The number of halogens is 1. The van der Waals surface area contributed by atoms with Crippen molar-refractivity contribution in [3.63, 3.8) is 0 Å². The van der Waals surface area contributed by atoms with Crippen LogP contribution in [-0.2, 0) is 0 Å². The van der Waals surface area contributed by atoms with Gasteiger partial charge in [0.25, 0.3) is 0 Å². The fourth-order valence-electron chi connectivity index (χ4n) is 1.93. The van der Waals surface area contributed by atoms with Gasteiger partial charge in [-0.25, -0.2) is 4.39 Å². The Labute approximate surface area is 88.3 Å². The maximum Gasteiger partial charge on any atom is 0.131 e. The topological polar surface area (TPSA) is 33.0 Å². The zero-order chi connectivity index (χ0) is 11.0. The Balaban J connectivity index is 2.51. The van der Waals surface area contributed by atoms with Gasteiger partial charge in [0.05, 0.1) is 18.2 Å². The molecule has 1 aromatic rings. The number of nitriles is 1. The van der Waals surface area contributed by atoms with Crippen molar-refractivity contribution in [2.24, 2.45) is 5.92 Å². The number of fused-ring (bicyclic) bond motifs is 1. The van der Waals surface area contributed by atoms with E-state index in [4.69, 9.17) is 10.00 Å². The minimum absolute atomic E-state index is 0.104. The fourth-order valence-corrected chi connectivity index (χ4v) is 1.93. The first-order chi connectivity index (χ1) is 7.13. The maximum atomic E-state index is 13.7. The van der Waals surface area contributed by atoms with Crippen molar-refractivity contribution in [2.75, 3.05) is 6.61 Å². The van der Waals surface area contributed by atoms with Crippen molar-refractivity contribution in [3.05, 3.63) is 29.1 Å². The predicted octanol–water partition coefficient (Wildman–Crippen LogP) is 2.83. The van der Waals surface area contributed by atoms with Crippen LogP contribution in [0, 0.1) is 23.1 Å². The summed E-state index contributed by atoms with van der Waals surface area (Å²) >= 11 is 0. The van der Waals surface area contributed by atoms with E-state index in [1.165, 1.54) is 6.07 Å². The maximum absolute atomic E-state index is 13.7. The molecule has 3 heteroatoms. The number of rotatable bonds is 1. The minimum Gasteiger partial charge on any atom is -0.492 e. The third kappa shape index (κ3) is 1.56. The van der Waals surface area contributed by atoms with E-state index in [1.54, 1.807) is 6.07 Å². The number of hydrogen-bond donors (Lipinski definition) is 0. The molecule has 1 atom stereocenters. The van der Waals surface area contributed by atoms with E-state index in [9.17, 15) is 4.39 Å². The van der Waals surface area contributed by atoms with Crippen molar-refractivity contribution in [2.45, 2.75) is 19.8 Å². The van der Waals surface area contributed by atoms with Crippen LogP contribution in [0.15, 0.2) is 12.1 Å². The molecule has 0 radical (unpaired) electrons. The second kappa shape index (κ2) is 3.54. The van der Waals surface area contributed by atoms with Crippen molar-refractivity contribution in [1.82, 2.24) is 0 Å². The van der Waals surface area contributed by atoms with E-state index in [-0.39, 0.29) is 11.7 Å². The number of hydrogen-bond acceptors (Lipinski definition) is 2. The van der Waals surface area contributed by atoms with E-state index >= 15 is 0 Å². The van der Waals surface area contributed by atoms with Crippen LogP contribution in [0.5, 0.6) is 5.75 Å². The highest BCUT2D eigenvalue weighted by Gasteiger charge is 2.30. The molecule has 15 heavy (non-hydrogen) atoms. The summed E-state index contributed by atoms with van der Waals surface area (Å²) in [5, 5.41) is 8.70. The second-order valence-corrected chi connectivity index (χ2v) is 4.14. The van der Waals surface area contributed by atoms with Gasteiger partial charge in [-0.1, -0.05) is 13.8 Å². The van der Waals surface area contributed by atoms with Crippen LogP contribution in [0.4, 0.5) is 4.39 Å². The van der Waals surface area contributed by atoms with Crippen molar-refractivity contribution in [1.29, 1.82) is 5.26 Å². The number of ether oxygens (including phenoxy) is 1. The molecule has 0 amide bonds. The first kappa shape index (κ1) is 9.97. The lowest BCUT2D eigenvalue weighted by Crippen LogP contribution is -2.09. The smallest absolute Gasteiger partial charge is 0.131 e. The van der Waals surface area contributed by atoms with E-state index in [2.05, 4.69) is 0 Å². The summed E-state index contributed by atoms with van der Waals surface area (Å²) in [7, 11) is 0. The summed E-state index contributed by atoms with van der Waals surface area (Å²) in [5.41, 5.74) is 0.944. The molecule has 1 heterocycles. The van der Waals surface area contributed by atoms with Crippen LogP contribution in [0.2, 0.25) is 0 Å². The Hall–Kier alpha value is -1.56. The second-order valence-electron chi connectivity index (χ2n) is 4.14. The Kier molecular flexibility index (Phi) is 2.36. The lowest BCUT2D eigenvalue weighted by Gasteiger charge is -2.13. The monoisotopic (exact) mass is 205 g/mol. The Morgan fingerprint density at radius 2 is 2.27 bits per heavy atom. The third-order valence-corrected chi connectivity index (χ3v) is 2.81. The van der Waals surface area contributed by atoms with Gasteiger partial charge in [-0.15, -0.1) is 0 Å². The summed E-state index contributed by atoms with van der Waals surface area (Å²) in [4.78, 5) is 0. The van der Waals surface area contributed by atoms with Crippen molar-refractivity contribution >= 4 is 0 Å². The average molecular weight is 205 g/mol. The first-order valence-electron chi connectivity index (χ1n) is 5.00. The largest absolute Gasteiger partial charge is 0.492 e. The van der Waals surface area contributed by atoms with Crippen molar-refractivity contribution < 1.29 is 9.13 Å². The fraction of sp³-hybridized carbons (Fsp3) is 0.417. The van der Waals surface area contributed by atoms with Gasteiger partial charge in [-0.2, -0.15) is 5.26 Å². The molecule has 1 unspecified atom stereocenters. The average Bonchev–Trinajstić information content (AvgIpc) is 2.61. The molecule has 0 spiro atoms. The van der Waals surface area contributed by atoms with Gasteiger partial charge in [0.1, 0.15) is 11.6 Å². The van der Waals surface area contributed by atoms with E-state index < -0.39 is 0 Å². The summed E-state index contributed by atoms with van der Waals surface area (Å²) in [5.74, 6) is 0.659. The molecule has 0 aliphatic carbocycles. The molecule has 1 aromatic carbocycles. The van der Waals surface area contributed by atoms with E-state index in [1.807, 2.05) is 19.9 Å². The van der Waals surface area contributed by atoms with Gasteiger partial charge in [0, 0.05) is 11.5 Å². The normalized spacial score (nSPS) is 18.5. The zero-order valence-corrected chi connectivity index (χ0v) is 8.75. The van der Waals surface area contributed by atoms with Gasteiger partial charge >= 0.3 is 0 Å². The molecule has 1 aliphatic rings. The van der Waals surface area contributed by atoms with Crippen LogP contribution in [0.3, 0.4) is 0 Å². The first-order valence-corrected chi connectivity index (χ1v) is 5.00. The van der Waals surface area contributed by atoms with Gasteiger partial charge in [-0.3, -0.25) is 0 Å². The molecule has 2 nitrogen and oxygen atoms in total. The molecule has 0 N–H and O–H groups in total. The Bertz CT molecular complexity index is 434. The lowest BCUT2D eigenvalue weighted by molar-refractivity contribution is 0.303. The van der Waals surface area contributed by atoms with Gasteiger partial charge in [0.2, 0.25) is 0 Å². The van der Waals surface area contributed by atoms with Crippen molar-refractivity contribution in [3.8, 4) is 11.8 Å². The number of nitrogens with zero attached hydrogens (tertiary/aromatic N) is 1. The quantitative estimate of drug-likeness (QED) is 0.706. The van der Waals surface area contributed by atoms with Crippen LogP contribution < -0.4 is 4.74 Å². The van der Waals surface area contributed by atoms with Crippen LogP contribution in [0.1, 0.15) is 30.9 Å². The summed E-state index contributed by atoms with van der Waals surface area (Å²) in [6.45, 7) is 4.60. The molecule has 0 fully saturated rings. The SMILES string of the molecule is CC(C)C1COc2cc(C#N)cc(F)c21. The van der Waals surface area contributed by atoms with Crippen LogP contribution >= 0.6 is 0 Å². The highest BCUT2D eigenvalue weighted by molar-refractivity contribution is 5.47. The molecule has 0 saturated carbocycles. The van der Waals surface area contributed by atoms with Gasteiger partial charge < -0.3 is 4.74 Å². The molecular formula is C12H12FNO. The van der Waals surface area contributed by atoms with Gasteiger partial charge in [0.15, 0.2) is 0 Å². The van der Waals surface area contributed by atoms with E-state index in [0.717, 1.165) is 0 Å². The molecule has 78 valence electrons. The van der Waals surface area contributed by atoms with Gasteiger partial charge in [-0.05, 0) is 18.1 Å². The highest BCUT2D eigenvalue weighted by atomic mass is 19.1. The molecule has 0 aromatic heterocycles. The van der Waals surface area contributed by atoms with Crippen LogP contribution in [-0.4, -0.2) is 6.61 Å². The molecule has 0 saturated heterocycles. The predicted molar refractivity (Wildman–Crippen MR) is 54.2 cm³/mol. The standard InChI is InChI=1S/C12H12FNO/c1-7(2)9-6-15-11-4-8(5-14)3-10(13)12(9)11/h3-4,7,9H,6H2,1-2H3. The summed E-state index contributed by atoms with van der Waals surface area (Å²) < 4.78 is 19.1. The van der Waals surface area contributed by atoms with Crippen LogP contribution in [0.25, 0.3) is 0 Å². The molecular weight excluding hydrogens is 193 g/mol. The number of benzene rings is 1. The summed E-state index contributed by atoms with van der Waals surface area (Å²) in [6, 6.07) is 4.81. The Morgan fingerprint density at radius 1 is 1.53 bits per heavy atom. The third-order valence-electron chi connectivity index (χ3n) is 2.81. The molecule has 2 rings (SSSR count). The summed E-state index contributed by atoms with van der Waals surface area (Å²) in [6.07, 6.45) is 0. The zero-order valence-electron chi connectivity index (χ0n) is 8.75. The molecule has 1 aliphatic heterocycles. The highest BCUT2D eigenvalue weighted by Crippen LogP contribution is 2.40. The molecule has 0 bridgehead atoms. The minimum atomic E-state index is -0.319. The Morgan fingerprint density at radius 3 is 2.87 bits per heavy atom. The van der Waals surface area contributed by atoms with E-state index in [0.29, 0.717) is 29.4 Å².